The molecule has 0 aliphatic heterocycles. The number of H-pyrrole nitrogens is 1. The average Bonchev–Trinajstić information content (AvgIpc) is 3.37. The number of para-hydroxylation sites is 1. The fraction of sp³-hybridized carbons (Fsp3) is 0.100. The first kappa shape index (κ1) is 17.1. The Morgan fingerprint density at radius 1 is 1.10 bits per heavy atom. The number of nitrogen functional groups attached to an aromatic ring is 1. The van der Waals surface area contributed by atoms with Crippen molar-refractivity contribution in [2.24, 2.45) is 0 Å². The van der Waals surface area contributed by atoms with E-state index in [0.29, 0.717) is 33.8 Å². The molecule has 5 rings (SSSR count). The quantitative estimate of drug-likeness (QED) is 0.406. The summed E-state index contributed by atoms with van der Waals surface area (Å²) in [6.45, 7) is 1.95. The second kappa shape index (κ2) is 6.55. The van der Waals surface area contributed by atoms with E-state index in [1.807, 2.05) is 41.8 Å². The number of nitrogens with zero attached hydrogens (tertiary/aromatic N) is 5. The van der Waals surface area contributed by atoms with Crippen LogP contribution >= 0.6 is 0 Å². The fourth-order valence-electron chi connectivity index (χ4n) is 3.45. The number of nitrogens with one attached hydrogen (secondary N) is 2. The van der Waals surface area contributed by atoms with E-state index >= 15 is 0 Å². The highest BCUT2D eigenvalue weighted by Gasteiger charge is 2.22. The Bertz CT molecular complexity index is 1320. The summed E-state index contributed by atoms with van der Waals surface area (Å²) < 4.78 is 16.1. The molecule has 5 aromatic rings. The standard InChI is InChI=1S/C20H17FN8/c1-11(27-19-16-18(24-9-23-16)25-10-26-19)20-28-14-8-7-13(21)15(22)17(14)29(20)12-5-3-2-4-6-12/h2-11H,22H2,1H3,(H2,23,24,25,26,27). The Labute approximate surface area is 164 Å². The summed E-state index contributed by atoms with van der Waals surface area (Å²) in [6.07, 6.45) is 3.03. The number of halogens is 1. The zero-order valence-electron chi connectivity index (χ0n) is 15.5. The molecule has 3 heterocycles. The third-order valence-electron chi connectivity index (χ3n) is 4.80. The van der Waals surface area contributed by atoms with Crippen molar-refractivity contribution in [2.45, 2.75) is 13.0 Å². The van der Waals surface area contributed by atoms with Crippen molar-refractivity contribution in [2.75, 3.05) is 11.1 Å². The molecule has 0 amide bonds. The van der Waals surface area contributed by atoms with Crippen LogP contribution in [0.3, 0.4) is 0 Å². The maximum atomic E-state index is 14.2. The third kappa shape index (κ3) is 2.75. The number of benzene rings is 2. The highest BCUT2D eigenvalue weighted by atomic mass is 19.1. The molecular weight excluding hydrogens is 371 g/mol. The molecule has 8 nitrogen and oxygen atoms in total. The first-order valence-corrected chi connectivity index (χ1v) is 9.06. The van der Waals surface area contributed by atoms with Gasteiger partial charge >= 0.3 is 0 Å². The van der Waals surface area contributed by atoms with Gasteiger partial charge in [0.2, 0.25) is 0 Å². The molecule has 29 heavy (non-hydrogen) atoms. The normalized spacial score (nSPS) is 12.5. The van der Waals surface area contributed by atoms with Crippen molar-refractivity contribution < 1.29 is 4.39 Å². The number of fused-ring (bicyclic) bond motifs is 2. The maximum absolute atomic E-state index is 14.2. The highest BCUT2D eigenvalue weighted by molar-refractivity contribution is 5.90. The Kier molecular flexibility index (Phi) is 3.87. The average molecular weight is 388 g/mol. The van der Waals surface area contributed by atoms with Gasteiger partial charge in [0.15, 0.2) is 11.5 Å². The molecule has 0 aliphatic carbocycles. The van der Waals surface area contributed by atoms with Gasteiger partial charge in [0.05, 0.1) is 29.1 Å². The van der Waals surface area contributed by atoms with Gasteiger partial charge < -0.3 is 16.0 Å². The lowest BCUT2D eigenvalue weighted by Gasteiger charge is -2.17. The molecular formula is C20H17FN8. The van der Waals surface area contributed by atoms with Crippen LogP contribution in [0.5, 0.6) is 0 Å². The first-order valence-electron chi connectivity index (χ1n) is 9.06. The van der Waals surface area contributed by atoms with Gasteiger partial charge in [-0.15, -0.1) is 0 Å². The molecule has 144 valence electrons. The number of nitrogens with two attached hydrogens (primary N) is 1. The van der Waals surface area contributed by atoms with E-state index in [1.54, 1.807) is 12.4 Å². The van der Waals surface area contributed by atoms with E-state index in [4.69, 9.17) is 10.7 Å². The molecule has 0 saturated carbocycles. The number of rotatable bonds is 4. The Morgan fingerprint density at radius 2 is 1.93 bits per heavy atom. The minimum atomic E-state index is -0.476. The summed E-state index contributed by atoms with van der Waals surface area (Å²) in [5.41, 5.74) is 9.41. The largest absolute Gasteiger partial charge is 0.395 e. The van der Waals surface area contributed by atoms with Crippen LogP contribution in [-0.2, 0) is 0 Å². The molecule has 1 atom stereocenters. The summed E-state index contributed by atoms with van der Waals surface area (Å²) in [4.78, 5) is 20.4. The maximum Gasteiger partial charge on any atom is 0.162 e. The molecule has 0 spiro atoms. The van der Waals surface area contributed by atoms with Crippen LogP contribution in [0.2, 0.25) is 0 Å². The molecule has 0 aliphatic rings. The number of aromatic amines is 1. The second-order valence-electron chi connectivity index (χ2n) is 6.66. The summed E-state index contributed by atoms with van der Waals surface area (Å²) >= 11 is 0. The minimum Gasteiger partial charge on any atom is -0.395 e. The molecule has 9 heteroatoms. The predicted molar refractivity (Wildman–Crippen MR) is 109 cm³/mol. The zero-order valence-corrected chi connectivity index (χ0v) is 15.5. The number of hydrogen-bond acceptors (Lipinski definition) is 6. The van der Waals surface area contributed by atoms with E-state index in [0.717, 1.165) is 5.69 Å². The van der Waals surface area contributed by atoms with E-state index in [1.165, 1.54) is 12.4 Å². The molecule has 0 bridgehead atoms. The molecule has 0 saturated heterocycles. The monoisotopic (exact) mass is 388 g/mol. The SMILES string of the molecule is CC(Nc1ncnc2[nH]cnc12)c1nc2ccc(F)c(N)c2n1-c1ccccc1. The molecule has 0 radical (unpaired) electrons. The topological polar surface area (TPSA) is 110 Å². The summed E-state index contributed by atoms with van der Waals surface area (Å²) in [5, 5.41) is 3.34. The fourth-order valence-corrected chi connectivity index (χ4v) is 3.45. The summed E-state index contributed by atoms with van der Waals surface area (Å²) in [7, 11) is 0. The van der Waals surface area contributed by atoms with E-state index in [-0.39, 0.29) is 11.7 Å². The van der Waals surface area contributed by atoms with Gasteiger partial charge in [-0.05, 0) is 31.2 Å². The van der Waals surface area contributed by atoms with Gasteiger partial charge in [0, 0.05) is 5.69 Å². The molecule has 2 aromatic carbocycles. The van der Waals surface area contributed by atoms with Crippen molar-refractivity contribution in [3.8, 4) is 5.69 Å². The Balaban J connectivity index is 1.68. The number of anilines is 2. The van der Waals surface area contributed by atoms with Crippen LogP contribution in [0.4, 0.5) is 15.9 Å². The number of imidazole rings is 2. The highest BCUT2D eigenvalue weighted by Crippen LogP contribution is 2.32. The van der Waals surface area contributed by atoms with Crippen molar-refractivity contribution in [3.63, 3.8) is 0 Å². The zero-order chi connectivity index (χ0) is 20.0. The van der Waals surface area contributed by atoms with Gasteiger partial charge in [-0.25, -0.2) is 24.3 Å². The molecule has 0 fully saturated rings. The minimum absolute atomic E-state index is 0.0639. The summed E-state index contributed by atoms with van der Waals surface area (Å²) in [6, 6.07) is 12.3. The van der Waals surface area contributed by atoms with Crippen molar-refractivity contribution in [1.29, 1.82) is 0 Å². The van der Waals surface area contributed by atoms with Gasteiger partial charge in [-0.3, -0.25) is 4.57 Å². The van der Waals surface area contributed by atoms with Crippen LogP contribution in [0.25, 0.3) is 27.9 Å². The number of hydrogen-bond donors (Lipinski definition) is 3. The number of aromatic nitrogens is 6. The van der Waals surface area contributed by atoms with Crippen LogP contribution in [0.1, 0.15) is 18.8 Å². The third-order valence-corrected chi connectivity index (χ3v) is 4.80. The van der Waals surface area contributed by atoms with E-state index in [9.17, 15) is 4.39 Å². The summed E-state index contributed by atoms with van der Waals surface area (Å²) in [5.74, 6) is 0.774. The van der Waals surface area contributed by atoms with Crippen LogP contribution < -0.4 is 11.1 Å². The lowest BCUT2D eigenvalue weighted by molar-refractivity contribution is 0.633. The lowest BCUT2D eigenvalue weighted by atomic mass is 10.2. The molecule has 4 N–H and O–H groups in total. The van der Waals surface area contributed by atoms with Crippen molar-refractivity contribution >= 4 is 33.7 Å². The molecule has 3 aromatic heterocycles. The van der Waals surface area contributed by atoms with Crippen LogP contribution in [-0.4, -0.2) is 29.5 Å². The van der Waals surface area contributed by atoms with Crippen LogP contribution in [0, 0.1) is 5.82 Å². The first-order chi connectivity index (χ1) is 14.1. The van der Waals surface area contributed by atoms with Crippen molar-refractivity contribution in [1.82, 2.24) is 29.5 Å². The molecule has 1 unspecified atom stereocenters. The Morgan fingerprint density at radius 3 is 2.76 bits per heavy atom. The Hall–Kier alpha value is -4.01. The smallest absolute Gasteiger partial charge is 0.162 e. The lowest BCUT2D eigenvalue weighted by Crippen LogP contribution is -2.14. The van der Waals surface area contributed by atoms with Gasteiger partial charge in [-0.1, -0.05) is 18.2 Å². The van der Waals surface area contributed by atoms with E-state index in [2.05, 4.69) is 25.3 Å². The van der Waals surface area contributed by atoms with E-state index < -0.39 is 5.82 Å². The van der Waals surface area contributed by atoms with Gasteiger partial charge in [-0.2, -0.15) is 0 Å². The predicted octanol–water partition coefficient (Wildman–Crippen LogP) is 3.59. The van der Waals surface area contributed by atoms with Crippen molar-refractivity contribution in [3.05, 3.63) is 66.8 Å². The van der Waals surface area contributed by atoms with Gasteiger partial charge in [0.25, 0.3) is 0 Å². The van der Waals surface area contributed by atoms with Crippen LogP contribution in [0.15, 0.2) is 55.1 Å². The second-order valence-corrected chi connectivity index (χ2v) is 6.66. The van der Waals surface area contributed by atoms with Gasteiger partial charge in [0.1, 0.15) is 23.5 Å².